The molecule has 1 aliphatic rings. The molecule has 0 aromatic heterocycles. The van der Waals surface area contributed by atoms with Crippen molar-refractivity contribution >= 4 is 7.60 Å². The first-order valence-corrected chi connectivity index (χ1v) is 7.53. The Labute approximate surface area is 111 Å². The van der Waals surface area contributed by atoms with Crippen LogP contribution < -0.4 is 0 Å². The highest BCUT2D eigenvalue weighted by molar-refractivity contribution is 7.58. The van der Waals surface area contributed by atoms with Crippen molar-refractivity contribution in [3.8, 4) is 0 Å². The van der Waals surface area contributed by atoms with Crippen molar-refractivity contribution in [3.05, 3.63) is 21.8 Å². The minimum absolute atomic E-state index is 0.0457. The average molecular weight is 291 g/mol. The van der Waals surface area contributed by atoms with E-state index in [0.29, 0.717) is 0 Å². The Morgan fingerprint density at radius 2 is 2.05 bits per heavy atom. The quantitative estimate of drug-likeness (QED) is 0.335. The van der Waals surface area contributed by atoms with E-state index < -0.39 is 25.8 Å². The van der Waals surface area contributed by atoms with E-state index in [1.165, 1.54) is 6.08 Å². The van der Waals surface area contributed by atoms with Crippen LogP contribution in [0.5, 0.6) is 0 Å². The molecule has 0 fully saturated rings. The molecule has 9 heteroatoms. The Kier molecular flexibility index (Phi) is 6.00. The van der Waals surface area contributed by atoms with Gasteiger partial charge < -0.3 is 19.3 Å². The molecule has 0 spiro atoms. The molecule has 108 valence electrons. The summed E-state index contributed by atoms with van der Waals surface area (Å²) in [4.78, 5) is 2.59. The maximum absolute atomic E-state index is 12.5. The summed E-state index contributed by atoms with van der Waals surface area (Å²) >= 11 is 0. The van der Waals surface area contributed by atoms with Crippen LogP contribution in [0, 0.1) is 0 Å². The van der Waals surface area contributed by atoms with Crippen LogP contribution in [0.25, 0.3) is 10.4 Å². The second-order valence-corrected chi connectivity index (χ2v) is 6.03. The van der Waals surface area contributed by atoms with E-state index in [4.69, 9.17) is 14.6 Å². The summed E-state index contributed by atoms with van der Waals surface area (Å²) in [5, 5.41) is 23.0. The summed E-state index contributed by atoms with van der Waals surface area (Å²) in [5.41, 5.74) is 8.42. The van der Waals surface area contributed by atoms with Crippen molar-refractivity contribution in [2.45, 2.75) is 38.5 Å². The number of azide groups is 1. The molecule has 1 rings (SSSR count). The second-order valence-electron chi connectivity index (χ2n) is 3.95. The zero-order valence-electron chi connectivity index (χ0n) is 10.8. The first-order chi connectivity index (χ1) is 8.98. The summed E-state index contributed by atoms with van der Waals surface area (Å²) in [6.07, 6.45) is -1.10. The van der Waals surface area contributed by atoms with E-state index in [1.807, 2.05) is 0 Å². The van der Waals surface area contributed by atoms with Crippen LogP contribution in [0.15, 0.2) is 16.5 Å². The van der Waals surface area contributed by atoms with E-state index in [2.05, 4.69) is 10.0 Å². The van der Waals surface area contributed by atoms with Crippen LogP contribution in [0.1, 0.15) is 20.3 Å². The molecule has 0 unspecified atom stereocenters. The average Bonchev–Trinajstić information content (AvgIpc) is 2.35. The molecular formula is C10H18N3O5P. The molecule has 0 radical (unpaired) electrons. The first kappa shape index (κ1) is 16.2. The van der Waals surface area contributed by atoms with Gasteiger partial charge in [-0.25, -0.2) is 0 Å². The number of hydrogen-bond acceptors (Lipinski definition) is 6. The van der Waals surface area contributed by atoms with Crippen molar-refractivity contribution in [3.63, 3.8) is 0 Å². The SMILES string of the molecule is CCOP(=O)(OCC)C1=C[C@H](N=[N+]=[N-])[C@@H](O)[C@H](O)C1. The topological polar surface area (TPSA) is 125 Å². The third-order valence-electron chi connectivity index (χ3n) is 2.66. The number of nitrogens with zero attached hydrogens (tertiary/aromatic N) is 3. The van der Waals surface area contributed by atoms with Crippen molar-refractivity contribution in [1.29, 1.82) is 0 Å². The molecule has 0 aromatic rings. The predicted molar refractivity (Wildman–Crippen MR) is 68.5 cm³/mol. The molecule has 0 aliphatic heterocycles. The standard InChI is InChI=1S/C10H18N3O5P/c1-3-17-19(16,18-4-2)7-5-8(12-13-11)10(15)9(14)6-7/h5,8-10,14-15H,3-4,6H2,1-2H3/t8-,9+,10+/m0/s1. The maximum atomic E-state index is 12.5. The van der Waals surface area contributed by atoms with E-state index in [0.717, 1.165) is 0 Å². The second kappa shape index (κ2) is 7.05. The number of hydrogen-bond donors (Lipinski definition) is 2. The van der Waals surface area contributed by atoms with Gasteiger partial charge in [0.2, 0.25) is 0 Å². The molecule has 19 heavy (non-hydrogen) atoms. The fourth-order valence-electron chi connectivity index (χ4n) is 1.83. The summed E-state index contributed by atoms with van der Waals surface area (Å²) in [5.74, 6) is 0. The largest absolute Gasteiger partial charge is 0.390 e. The molecule has 0 bridgehead atoms. The summed E-state index contributed by atoms with van der Waals surface area (Å²) in [6, 6.07) is -0.988. The third kappa shape index (κ3) is 3.79. The van der Waals surface area contributed by atoms with Gasteiger partial charge in [-0.2, -0.15) is 0 Å². The van der Waals surface area contributed by atoms with Gasteiger partial charge in [-0.05, 0) is 19.4 Å². The van der Waals surface area contributed by atoms with Crippen LogP contribution in [0.3, 0.4) is 0 Å². The highest BCUT2D eigenvalue weighted by Gasteiger charge is 2.38. The lowest BCUT2D eigenvalue weighted by Crippen LogP contribution is -2.38. The van der Waals surface area contributed by atoms with Gasteiger partial charge in [0, 0.05) is 16.6 Å². The summed E-state index contributed by atoms with van der Waals surface area (Å²) in [7, 11) is -3.51. The van der Waals surface area contributed by atoms with Gasteiger partial charge in [0.25, 0.3) is 0 Å². The predicted octanol–water partition coefficient (Wildman–Crippen LogP) is 1.94. The maximum Gasteiger partial charge on any atom is 0.357 e. The molecule has 2 N–H and O–H groups in total. The van der Waals surface area contributed by atoms with Gasteiger partial charge >= 0.3 is 7.60 Å². The lowest BCUT2D eigenvalue weighted by Gasteiger charge is -2.30. The zero-order valence-corrected chi connectivity index (χ0v) is 11.7. The Balaban J connectivity index is 3.11. The lowest BCUT2D eigenvalue weighted by atomic mass is 9.97. The Bertz CT molecular complexity index is 425. The molecule has 0 saturated carbocycles. The van der Waals surface area contributed by atoms with Crippen LogP contribution >= 0.6 is 7.60 Å². The van der Waals surface area contributed by atoms with E-state index in [-0.39, 0.29) is 24.9 Å². The molecule has 0 saturated heterocycles. The molecule has 3 atom stereocenters. The molecule has 0 heterocycles. The van der Waals surface area contributed by atoms with Gasteiger partial charge in [0.05, 0.1) is 31.5 Å². The van der Waals surface area contributed by atoms with Crippen molar-refractivity contribution in [2.24, 2.45) is 5.11 Å². The highest BCUT2D eigenvalue weighted by Crippen LogP contribution is 2.58. The molecule has 0 aromatic carbocycles. The van der Waals surface area contributed by atoms with Gasteiger partial charge in [0.1, 0.15) is 0 Å². The monoisotopic (exact) mass is 291 g/mol. The third-order valence-corrected chi connectivity index (χ3v) is 4.89. The van der Waals surface area contributed by atoms with Gasteiger partial charge in [-0.15, -0.1) is 0 Å². The van der Waals surface area contributed by atoms with Crippen molar-refractivity contribution < 1.29 is 23.8 Å². The minimum atomic E-state index is -3.51. The van der Waals surface area contributed by atoms with Gasteiger partial charge in [0.15, 0.2) is 0 Å². The molecular weight excluding hydrogens is 273 g/mol. The molecule has 8 nitrogen and oxygen atoms in total. The first-order valence-electron chi connectivity index (χ1n) is 5.99. The summed E-state index contributed by atoms with van der Waals surface area (Å²) < 4.78 is 22.8. The number of aliphatic hydroxyl groups excluding tert-OH is 2. The Morgan fingerprint density at radius 3 is 2.53 bits per heavy atom. The summed E-state index contributed by atoms with van der Waals surface area (Å²) in [6.45, 7) is 3.70. The normalized spacial score (nSPS) is 27.6. The minimum Gasteiger partial charge on any atom is -0.390 e. The van der Waals surface area contributed by atoms with Gasteiger partial charge in [-0.1, -0.05) is 11.2 Å². The van der Waals surface area contributed by atoms with E-state index >= 15 is 0 Å². The van der Waals surface area contributed by atoms with E-state index in [1.54, 1.807) is 13.8 Å². The fraction of sp³-hybridized carbons (Fsp3) is 0.800. The van der Waals surface area contributed by atoms with Crippen LogP contribution in [-0.4, -0.2) is 41.7 Å². The zero-order chi connectivity index (χ0) is 14.5. The number of aliphatic hydroxyl groups is 2. The lowest BCUT2D eigenvalue weighted by molar-refractivity contribution is 0.00800. The number of rotatable bonds is 6. The van der Waals surface area contributed by atoms with Crippen LogP contribution in [0.4, 0.5) is 0 Å². The molecule has 1 aliphatic carbocycles. The molecule has 0 amide bonds. The van der Waals surface area contributed by atoms with Gasteiger partial charge in [-0.3, -0.25) is 4.57 Å². The highest BCUT2D eigenvalue weighted by atomic mass is 31.2. The van der Waals surface area contributed by atoms with E-state index in [9.17, 15) is 14.8 Å². The van der Waals surface area contributed by atoms with Crippen molar-refractivity contribution in [1.82, 2.24) is 0 Å². The Hall–Kier alpha value is -0.880. The van der Waals surface area contributed by atoms with Crippen molar-refractivity contribution in [2.75, 3.05) is 13.2 Å². The Morgan fingerprint density at radius 1 is 1.47 bits per heavy atom. The van der Waals surface area contributed by atoms with Crippen LogP contribution in [0.2, 0.25) is 0 Å². The fourth-order valence-corrected chi connectivity index (χ4v) is 3.67. The van der Waals surface area contributed by atoms with Crippen LogP contribution in [-0.2, 0) is 13.6 Å². The smallest absolute Gasteiger partial charge is 0.357 e.